The van der Waals surface area contributed by atoms with Gasteiger partial charge in [-0.1, -0.05) is 39.5 Å². The molecule has 0 aromatic heterocycles. The van der Waals surface area contributed by atoms with E-state index < -0.39 is 0 Å². The van der Waals surface area contributed by atoms with Gasteiger partial charge in [0.25, 0.3) is 0 Å². The number of Topliss-reactive ketones (excluding diaryl/α,β-unsaturated/α-hetero) is 1. The minimum Gasteiger partial charge on any atom is -0.344 e. The molecule has 0 saturated carbocycles. The molecule has 130 valence electrons. The number of rotatable bonds is 14. The minimum atomic E-state index is 0.262. The van der Waals surface area contributed by atoms with Crippen molar-refractivity contribution in [3.05, 3.63) is 0 Å². The molecular formula is C18H36N2O2. The maximum absolute atomic E-state index is 12.0. The molecule has 0 aromatic rings. The Balaban J connectivity index is 3.46. The van der Waals surface area contributed by atoms with Crippen LogP contribution >= 0.6 is 0 Å². The lowest BCUT2D eigenvalue weighted by Gasteiger charge is -2.21. The van der Waals surface area contributed by atoms with Crippen LogP contribution < -0.4 is 0 Å². The normalized spacial score (nSPS) is 11.0. The summed E-state index contributed by atoms with van der Waals surface area (Å²) in [5.41, 5.74) is 0. The number of hydrogen-bond donors (Lipinski definition) is 0. The van der Waals surface area contributed by atoms with Gasteiger partial charge in [0.15, 0.2) is 0 Å². The van der Waals surface area contributed by atoms with E-state index in [1.54, 1.807) is 0 Å². The van der Waals surface area contributed by atoms with Crippen LogP contribution in [0.2, 0.25) is 0 Å². The second-order valence-corrected chi connectivity index (χ2v) is 6.22. The highest BCUT2D eigenvalue weighted by Gasteiger charge is 2.08. The highest BCUT2D eigenvalue weighted by atomic mass is 16.2. The predicted octanol–water partition coefficient (Wildman–Crippen LogP) is 3.50. The molecule has 0 aromatic carbocycles. The van der Waals surface area contributed by atoms with Gasteiger partial charge >= 0.3 is 0 Å². The highest BCUT2D eigenvalue weighted by molar-refractivity contribution is 5.77. The molecule has 0 bridgehead atoms. The van der Waals surface area contributed by atoms with Crippen molar-refractivity contribution in [3.8, 4) is 0 Å². The number of amides is 1. The lowest BCUT2D eigenvalue weighted by atomic mass is 10.1. The molecule has 22 heavy (non-hydrogen) atoms. The molecule has 0 heterocycles. The number of ketones is 1. The molecule has 1 amide bonds. The molecule has 0 unspecified atom stereocenters. The van der Waals surface area contributed by atoms with E-state index in [0.29, 0.717) is 18.6 Å². The highest BCUT2D eigenvalue weighted by Crippen LogP contribution is 2.10. The summed E-state index contributed by atoms with van der Waals surface area (Å²) in [6.45, 7) is 6.83. The first-order valence-electron chi connectivity index (χ1n) is 8.95. The fourth-order valence-corrected chi connectivity index (χ4v) is 2.28. The van der Waals surface area contributed by atoms with Crippen molar-refractivity contribution in [2.24, 2.45) is 0 Å². The maximum atomic E-state index is 12.0. The Morgan fingerprint density at radius 1 is 0.773 bits per heavy atom. The van der Waals surface area contributed by atoms with E-state index in [4.69, 9.17) is 0 Å². The van der Waals surface area contributed by atoms with Gasteiger partial charge in [-0.25, -0.2) is 0 Å². The summed E-state index contributed by atoms with van der Waals surface area (Å²) in [5, 5.41) is 0. The number of carbonyl (C=O) groups excluding carboxylic acids is 2. The van der Waals surface area contributed by atoms with E-state index in [1.807, 2.05) is 18.9 Å². The average molecular weight is 312 g/mol. The topological polar surface area (TPSA) is 40.6 Å². The minimum absolute atomic E-state index is 0.262. The first-order chi connectivity index (χ1) is 10.5. The van der Waals surface area contributed by atoms with E-state index in [1.165, 1.54) is 12.8 Å². The zero-order valence-electron chi connectivity index (χ0n) is 15.2. The summed E-state index contributed by atoms with van der Waals surface area (Å²) in [4.78, 5) is 27.2. The van der Waals surface area contributed by atoms with E-state index in [9.17, 15) is 9.59 Å². The second-order valence-electron chi connectivity index (χ2n) is 6.22. The molecule has 0 aliphatic heterocycles. The Labute approximate surface area is 137 Å². The van der Waals surface area contributed by atoms with Crippen LogP contribution in [0.15, 0.2) is 0 Å². The third-order valence-corrected chi connectivity index (χ3v) is 4.27. The van der Waals surface area contributed by atoms with Crippen LogP contribution in [0.25, 0.3) is 0 Å². The Hall–Kier alpha value is -0.900. The fraction of sp³-hybridized carbons (Fsp3) is 0.889. The lowest BCUT2D eigenvalue weighted by molar-refractivity contribution is -0.130. The van der Waals surface area contributed by atoms with Crippen molar-refractivity contribution in [2.45, 2.75) is 71.6 Å². The number of likely N-dealkylation sites (N-methyl/N-ethyl adjacent to an activating group) is 2. The van der Waals surface area contributed by atoms with Gasteiger partial charge in [-0.2, -0.15) is 0 Å². The first-order valence-corrected chi connectivity index (χ1v) is 8.95. The van der Waals surface area contributed by atoms with Crippen molar-refractivity contribution in [3.63, 3.8) is 0 Å². The summed E-state index contributed by atoms with van der Waals surface area (Å²) >= 11 is 0. The van der Waals surface area contributed by atoms with Gasteiger partial charge in [0.2, 0.25) is 5.91 Å². The zero-order valence-corrected chi connectivity index (χ0v) is 15.2. The summed E-state index contributed by atoms with van der Waals surface area (Å²) in [5.74, 6) is 0.639. The molecule has 0 spiro atoms. The monoisotopic (exact) mass is 312 g/mol. The lowest BCUT2D eigenvalue weighted by Crippen LogP contribution is -2.34. The number of unbranched alkanes of at least 4 members (excludes halogenated alkanes) is 5. The quantitative estimate of drug-likeness (QED) is 0.461. The van der Waals surface area contributed by atoms with E-state index in [0.717, 1.165) is 51.7 Å². The summed E-state index contributed by atoms with van der Waals surface area (Å²) in [6.07, 6.45) is 8.72. The molecular weight excluding hydrogens is 276 g/mol. The largest absolute Gasteiger partial charge is 0.344 e. The van der Waals surface area contributed by atoms with Crippen LogP contribution in [-0.2, 0) is 9.59 Å². The van der Waals surface area contributed by atoms with Crippen molar-refractivity contribution >= 4 is 11.7 Å². The van der Waals surface area contributed by atoms with E-state index in [-0.39, 0.29) is 5.91 Å². The standard InChI is InChI=1S/C18H36N2O2/c1-5-17(21)13-11-9-7-8-10-12-14-18(22)20(4)16-15-19(3)6-2/h5-16H2,1-4H3. The predicted molar refractivity (Wildman–Crippen MR) is 93.0 cm³/mol. The molecule has 4 nitrogen and oxygen atoms in total. The molecule has 0 aliphatic rings. The van der Waals surface area contributed by atoms with Gasteiger partial charge in [-0.15, -0.1) is 0 Å². The Bertz CT molecular complexity index is 305. The maximum Gasteiger partial charge on any atom is 0.222 e. The van der Waals surface area contributed by atoms with Gasteiger partial charge in [0.05, 0.1) is 0 Å². The van der Waals surface area contributed by atoms with Gasteiger partial charge in [-0.3, -0.25) is 9.59 Å². The van der Waals surface area contributed by atoms with Crippen molar-refractivity contribution < 1.29 is 9.59 Å². The van der Waals surface area contributed by atoms with E-state index in [2.05, 4.69) is 18.9 Å². The molecule has 0 fully saturated rings. The molecule has 0 saturated heterocycles. The van der Waals surface area contributed by atoms with E-state index >= 15 is 0 Å². The number of carbonyl (C=O) groups is 2. The SMILES string of the molecule is CCC(=O)CCCCCCCCC(=O)N(C)CCN(C)CC. The average Bonchev–Trinajstić information content (AvgIpc) is 2.53. The summed E-state index contributed by atoms with van der Waals surface area (Å²) in [7, 11) is 3.98. The third kappa shape index (κ3) is 11.7. The van der Waals surface area contributed by atoms with Crippen molar-refractivity contribution in [2.75, 3.05) is 33.7 Å². The smallest absolute Gasteiger partial charge is 0.222 e. The van der Waals surface area contributed by atoms with Crippen molar-refractivity contribution in [1.82, 2.24) is 9.80 Å². The Morgan fingerprint density at radius 2 is 1.32 bits per heavy atom. The van der Waals surface area contributed by atoms with Crippen LogP contribution in [0.3, 0.4) is 0 Å². The Morgan fingerprint density at radius 3 is 1.86 bits per heavy atom. The number of hydrogen-bond acceptors (Lipinski definition) is 3. The second kappa shape index (κ2) is 13.7. The van der Waals surface area contributed by atoms with Crippen LogP contribution in [0.5, 0.6) is 0 Å². The third-order valence-electron chi connectivity index (χ3n) is 4.27. The fourth-order valence-electron chi connectivity index (χ4n) is 2.28. The van der Waals surface area contributed by atoms with Crippen LogP contribution in [-0.4, -0.2) is 55.2 Å². The molecule has 0 atom stereocenters. The van der Waals surface area contributed by atoms with Crippen molar-refractivity contribution in [1.29, 1.82) is 0 Å². The van der Waals surface area contributed by atoms with Gasteiger partial charge in [0, 0.05) is 39.4 Å². The zero-order chi connectivity index (χ0) is 16.8. The molecule has 0 radical (unpaired) electrons. The molecule has 4 heteroatoms. The van der Waals surface area contributed by atoms with Gasteiger partial charge in [-0.05, 0) is 26.4 Å². The van der Waals surface area contributed by atoms with Crippen LogP contribution in [0.1, 0.15) is 71.6 Å². The molecule has 0 N–H and O–H groups in total. The van der Waals surface area contributed by atoms with Gasteiger partial charge in [0.1, 0.15) is 5.78 Å². The van der Waals surface area contributed by atoms with Crippen LogP contribution in [0.4, 0.5) is 0 Å². The Kier molecular flexibility index (Phi) is 13.2. The summed E-state index contributed by atoms with van der Waals surface area (Å²) < 4.78 is 0. The number of nitrogens with zero attached hydrogens (tertiary/aromatic N) is 2. The van der Waals surface area contributed by atoms with Crippen LogP contribution in [0, 0.1) is 0 Å². The summed E-state index contributed by atoms with van der Waals surface area (Å²) in [6, 6.07) is 0. The molecule has 0 rings (SSSR count). The molecule has 0 aliphatic carbocycles. The van der Waals surface area contributed by atoms with Gasteiger partial charge < -0.3 is 9.80 Å². The first kappa shape index (κ1) is 21.1.